The molecular weight excluding hydrogens is 146 g/mol. The maximum atomic E-state index is 3.67. The first kappa shape index (κ1) is 10.0. The molecule has 1 fully saturated rings. The van der Waals surface area contributed by atoms with E-state index in [9.17, 15) is 0 Å². The van der Waals surface area contributed by atoms with Crippen molar-refractivity contribution < 1.29 is 0 Å². The minimum atomic E-state index is 0.791. The van der Waals surface area contributed by atoms with E-state index in [0.29, 0.717) is 0 Å². The molecule has 0 radical (unpaired) electrons. The smallest absolute Gasteiger partial charge is 0.00928 e. The summed E-state index contributed by atoms with van der Waals surface area (Å²) in [6.45, 7) is 8.13. The quantitative estimate of drug-likeness (QED) is 0.685. The van der Waals surface area contributed by atoms with Crippen LogP contribution < -0.4 is 5.32 Å². The Hall–Kier alpha value is -0.0400. The summed E-state index contributed by atoms with van der Waals surface area (Å²) < 4.78 is 0. The summed E-state index contributed by atoms with van der Waals surface area (Å²) in [4.78, 5) is 0. The summed E-state index contributed by atoms with van der Waals surface area (Å²) >= 11 is 0. The van der Waals surface area contributed by atoms with E-state index in [1.165, 1.54) is 32.2 Å². The highest BCUT2D eigenvalue weighted by Gasteiger charge is 2.20. The lowest BCUT2D eigenvalue weighted by molar-refractivity contribution is 0.273. The molecule has 1 saturated carbocycles. The molecule has 72 valence electrons. The second-order valence-electron chi connectivity index (χ2n) is 4.67. The zero-order valence-electron chi connectivity index (χ0n) is 8.77. The van der Waals surface area contributed by atoms with Crippen molar-refractivity contribution in [1.82, 2.24) is 5.32 Å². The average molecular weight is 169 g/mol. The van der Waals surface area contributed by atoms with Gasteiger partial charge in [0.05, 0.1) is 0 Å². The van der Waals surface area contributed by atoms with Crippen molar-refractivity contribution in [2.75, 3.05) is 6.54 Å². The second kappa shape index (κ2) is 4.86. The lowest BCUT2D eigenvalue weighted by atomic mass is 9.86. The van der Waals surface area contributed by atoms with Gasteiger partial charge in [-0.3, -0.25) is 0 Å². The fourth-order valence-electron chi connectivity index (χ4n) is 2.01. The third kappa shape index (κ3) is 3.14. The Morgan fingerprint density at radius 1 is 1.25 bits per heavy atom. The van der Waals surface area contributed by atoms with Gasteiger partial charge in [0.15, 0.2) is 0 Å². The fourth-order valence-corrected chi connectivity index (χ4v) is 2.01. The molecule has 12 heavy (non-hydrogen) atoms. The molecule has 2 atom stereocenters. The maximum Gasteiger partial charge on any atom is 0.00928 e. The van der Waals surface area contributed by atoms with E-state index >= 15 is 0 Å². The van der Waals surface area contributed by atoms with Crippen molar-refractivity contribution >= 4 is 0 Å². The Kier molecular flexibility index (Phi) is 4.07. The van der Waals surface area contributed by atoms with E-state index in [1.54, 1.807) is 0 Å². The molecular formula is C11H23N. The normalized spacial score (nSPS) is 31.0. The van der Waals surface area contributed by atoms with Gasteiger partial charge in [0.25, 0.3) is 0 Å². The van der Waals surface area contributed by atoms with Crippen LogP contribution in [0.5, 0.6) is 0 Å². The highest BCUT2D eigenvalue weighted by molar-refractivity contribution is 4.78. The minimum Gasteiger partial charge on any atom is -0.313 e. The molecule has 0 heterocycles. The first-order valence-corrected chi connectivity index (χ1v) is 5.43. The number of nitrogens with one attached hydrogen (secondary N) is 1. The molecule has 1 heteroatoms. The van der Waals surface area contributed by atoms with Gasteiger partial charge in [-0.25, -0.2) is 0 Å². The van der Waals surface area contributed by atoms with Gasteiger partial charge in [-0.2, -0.15) is 0 Å². The molecule has 0 unspecified atom stereocenters. The number of hydrogen-bond donors (Lipinski definition) is 1. The zero-order valence-corrected chi connectivity index (χ0v) is 8.77. The molecule has 1 aliphatic carbocycles. The third-order valence-corrected chi connectivity index (χ3v) is 2.90. The van der Waals surface area contributed by atoms with Crippen molar-refractivity contribution in [1.29, 1.82) is 0 Å². The lowest BCUT2D eigenvalue weighted by Gasteiger charge is -2.30. The molecule has 1 rings (SSSR count). The van der Waals surface area contributed by atoms with Crippen LogP contribution in [0.2, 0.25) is 0 Å². The van der Waals surface area contributed by atoms with E-state index in [2.05, 4.69) is 26.1 Å². The Morgan fingerprint density at radius 2 is 1.92 bits per heavy atom. The standard InChI is InChI=1S/C11H23N/c1-9(2)8-12-11-7-5-4-6-10(11)3/h9-12H,4-8H2,1-3H3/t10-,11-/m1/s1. The molecule has 0 aromatic heterocycles. The lowest BCUT2D eigenvalue weighted by Crippen LogP contribution is -2.39. The van der Waals surface area contributed by atoms with Crippen molar-refractivity contribution in [2.24, 2.45) is 11.8 Å². The summed E-state index contributed by atoms with van der Waals surface area (Å²) in [5.74, 6) is 1.69. The SMILES string of the molecule is CC(C)CN[C@@H]1CCCC[C@H]1C. The Bertz CT molecular complexity index is 120. The predicted octanol–water partition coefficient (Wildman–Crippen LogP) is 2.81. The van der Waals surface area contributed by atoms with Crippen molar-refractivity contribution in [3.63, 3.8) is 0 Å². The highest BCUT2D eigenvalue weighted by Crippen LogP contribution is 2.23. The van der Waals surface area contributed by atoms with Crippen LogP contribution in [0.4, 0.5) is 0 Å². The van der Waals surface area contributed by atoms with Crippen LogP contribution in [0.3, 0.4) is 0 Å². The molecule has 0 amide bonds. The van der Waals surface area contributed by atoms with Gasteiger partial charge in [0, 0.05) is 6.04 Å². The predicted molar refractivity (Wildman–Crippen MR) is 54.3 cm³/mol. The molecule has 0 bridgehead atoms. The van der Waals surface area contributed by atoms with Crippen molar-refractivity contribution in [2.45, 2.75) is 52.5 Å². The molecule has 1 nitrogen and oxygen atoms in total. The van der Waals surface area contributed by atoms with E-state index in [0.717, 1.165) is 17.9 Å². The summed E-state index contributed by atoms with van der Waals surface area (Å²) in [5.41, 5.74) is 0. The van der Waals surface area contributed by atoms with Gasteiger partial charge in [-0.05, 0) is 31.2 Å². The highest BCUT2D eigenvalue weighted by atomic mass is 14.9. The monoisotopic (exact) mass is 169 g/mol. The van der Waals surface area contributed by atoms with E-state index in [1.807, 2.05) is 0 Å². The van der Waals surface area contributed by atoms with Gasteiger partial charge in [0.1, 0.15) is 0 Å². The summed E-state index contributed by atoms with van der Waals surface area (Å²) in [6, 6.07) is 0.807. The molecule has 1 aliphatic rings. The summed E-state index contributed by atoms with van der Waals surface area (Å²) in [6.07, 6.45) is 5.70. The molecule has 0 aromatic rings. The van der Waals surface area contributed by atoms with E-state index in [4.69, 9.17) is 0 Å². The average Bonchev–Trinajstić information content (AvgIpc) is 2.03. The van der Waals surface area contributed by atoms with Gasteiger partial charge in [0.2, 0.25) is 0 Å². The van der Waals surface area contributed by atoms with Gasteiger partial charge < -0.3 is 5.32 Å². The van der Waals surface area contributed by atoms with E-state index in [-0.39, 0.29) is 0 Å². The van der Waals surface area contributed by atoms with Crippen LogP contribution in [0, 0.1) is 11.8 Å². The summed E-state index contributed by atoms with van der Waals surface area (Å²) in [5, 5.41) is 3.67. The van der Waals surface area contributed by atoms with Crippen LogP contribution in [0.15, 0.2) is 0 Å². The first-order valence-electron chi connectivity index (χ1n) is 5.43. The molecule has 0 aliphatic heterocycles. The molecule has 0 saturated heterocycles. The Morgan fingerprint density at radius 3 is 2.50 bits per heavy atom. The topological polar surface area (TPSA) is 12.0 Å². The molecule has 0 spiro atoms. The Balaban J connectivity index is 2.20. The van der Waals surface area contributed by atoms with Crippen LogP contribution in [-0.2, 0) is 0 Å². The van der Waals surface area contributed by atoms with Crippen LogP contribution in [0.1, 0.15) is 46.5 Å². The van der Waals surface area contributed by atoms with Crippen molar-refractivity contribution in [3.05, 3.63) is 0 Å². The fraction of sp³-hybridized carbons (Fsp3) is 1.00. The largest absolute Gasteiger partial charge is 0.313 e. The Labute approximate surface area is 76.9 Å². The van der Waals surface area contributed by atoms with Gasteiger partial charge >= 0.3 is 0 Å². The minimum absolute atomic E-state index is 0.791. The van der Waals surface area contributed by atoms with E-state index < -0.39 is 0 Å². The van der Waals surface area contributed by atoms with Crippen LogP contribution in [-0.4, -0.2) is 12.6 Å². The van der Waals surface area contributed by atoms with Crippen molar-refractivity contribution in [3.8, 4) is 0 Å². The first-order chi connectivity index (χ1) is 5.70. The van der Waals surface area contributed by atoms with Gasteiger partial charge in [-0.15, -0.1) is 0 Å². The van der Waals surface area contributed by atoms with Gasteiger partial charge in [-0.1, -0.05) is 33.6 Å². The zero-order chi connectivity index (χ0) is 8.97. The molecule has 0 aromatic carbocycles. The van der Waals surface area contributed by atoms with Crippen LogP contribution >= 0.6 is 0 Å². The van der Waals surface area contributed by atoms with Crippen LogP contribution in [0.25, 0.3) is 0 Å². The number of hydrogen-bond acceptors (Lipinski definition) is 1. The number of rotatable bonds is 3. The maximum absolute atomic E-state index is 3.67. The summed E-state index contributed by atoms with van der Waals surface area (Å²) in [7, 11) is 0. The third-order valence-electron chi connectivity index (χ3n) is 2.90. The molecule has 1 N–H and O–H groups in total. The second-order valence-corrected chi connectivity index (χ2v) is 4.67.